The van der Waals surface area contributed by atoms with E-state index in [0.717, 1.165) is 19.3 Å². The third kappa shape index (κ3) is 1.88. The van der Waals surface area contributed by atoms with Crippen molar-refractivity contribution in [3.63, 3.8) is 0 Å². The predicted molar refractivity (Wildman–Crippen MR) is 61.6 cm³/mol. The summed E-state index contributed by atoms with van der Waals surface area (Å²) in [6, 6.07) is 6.52. The first-order valence-electron chi connectivity index (χ1n) is 5.67. The van der Waals surface area contributed by atoms with E-state index in [4.69, 9.17) is 5.26 Å². The second-order valence-electron chi connectivity index (χ2n) is 4.42. The summed E-state index contributed by atoms with van der Waals surface area (Å²) in [5.41, 5.74) is 0.956. The van der Waals surface area contributed by atoms with Gasteiger partial charge in [-0.2, -0.15) is 5.26 Å². The number of anilines is 1. The minimum Gasteiger partial charge on any atom is -0.377 e. The summed E-state index contributed by atoms with van der Waals surface area (Å²) in [5, 5.41) is 11.9. The molecule has 0 radical (unpaired) electrons. The van der Waals surface area contributed by atoms with Crippen LogP contribution in [0.1, 0.15) is 38.2 Å². The van der Waals surface area contributed by atoms with Crippen molar-refractivity contribution in [2.45, 2.75) is 38.1 Å². The van der Waals surface area contributed by atoms with Crippen LogP contribution in [0.5, 0.6) is 0 Å². The minimum atomic E-state index is -0.334. The number of nitrogens with one attached hydrogen (secondary N) is 1. The molecule has 0 bridgehead atoms. The summed E-state index contributed by atoms with van der Waals surface area (Å²) in [5.74, 6) is -0.334. The van der Waals surface area contributed by atoms with Crippen LogP contribution in [0.15, 0.2) is 18.2 Å². The predicted octanol–water partition coefficient (Wildman–Crippen LogP) is 3.44. The quantitative estimate of drug-likeness (QED) is 0.843. The molecule has 0 heterocycles. The molecule has 0 unspecified atom stereocenters. The Balaban J connectivity index is 2.19. The number of hydrogen-bond donors (Lipinski definition) is 1. The highest BCUT2D eigenvalue weighted by Gasteiger charge is 2.35. The largest absolute Gasteiger partial charge is 0.377 e. The fourth-order valence-corrected chi connectivity index (χ4v) is 2.14. The van der Waals surface area contributed by atoms with E-state index < -0.39 is 0 Å². The summed E-state index contributed by atoms with van der Waals surface area (Å²) in [6.07, 6.45) is 4.41. The van der Waals surface area contributed by atoms with E-state index in [2.05, 4.69) is 12.2 Å². The molecule has 2 nitrogen and oxygen atoms in total. The lowest BCUT2D eigenvalue weighted by atomic mass is 9.74. The van der Waals surface area contributed by atoms with Crippen molar-refractivity contribution in [3.05, 3.63) is 29.6 Å². The molecule has 0 amide bonds. The zero-order chi connectivity index (χ0) is 11.6. The highest BCUT2D eigenvalue weighted by Crippen LogP contribution is 2.38. The van der Waals surface area contributed by atoms with Gasteiger partial charge in [0.05, 0.1) is 17.3 Å². The van der Waals surface area contributed by atoms with E-state index in [-0.39, 0.29) is 11.4 Å². The molecule has 1 aromatic rings. The van der Waals surface area contributed by atoms with Crippen LogP contribution in [0.3, 0.4) is 0 Å². The molecule has 1 aliphatic carbocycles. The molecule has 0 atom stereocenters. The van der Waals surface area contributed by atoms with Crippen LogP contribution in [0, 0.1) is 17.1 Å². The third-order valence-electron chi connectivity index (χ3n) is 3.49. The summed E-state index contributed by atoms with van der Waals surface area (Å²) in [6.45, 7) is 2.12. The molecule has 1 aromatic carbocycles. The van der Waals surface area contributed by atoms with Crippen molar-refractivity contribution >= 4 is 5.69 Å². The first-order chi connectivity index (χ1) is 7.69. The number of benzene rings is 1. The van der Waals surface area contributed by atoms with Crippen molar-refractivity contribution < 1.29 is 4.39 Å². The summed E-state index contributed by atoms with van der Waals surface area (Å²) < 4.78 is 13.7. The molecule has 84 valence electrons. The highest BCUT2D eigenvalue weighted by molar-refractivity contribution is 5.51. The monoisotopic (exact) mass is 218 g/mol. The van der Waals surface area contributed by atoms with E-state index in [1.54, 1.807) is 12.1 Å². The van der Waals surface area contributed by atoms with Crippen molar-refractivity contribution in [1.82, 2.24) is 0 Å². The van der Waals surface area contributed by atoms with E-state index >= 15 is 0 Å². The van der Waals surface area contributed by atoms with Crippen molar-refractivity contribution in [3.8, 4) is 6.07 Å². The fourth-order valence-electron chi connectivity index (χ4n) is 2.14. The Labute approximate surface area is 95.1 Å². The van der Waals surface area contributed by atoms with Crippen molar-refractivity contribution in [2.75, 3.05) is 5.32 Å². The molecule has 2 rings (SSSR count). The maximum Gasteiger partial charge on any atom is 0.147 e. The van der Waals surface area contributed by atoms with Crippen LogP contribution in [-0.4, -0.2) is 5.54 Å². The van der Waals surface area contributed by atoms with Gasteiger partial charge in [-0.25, -0.2) is 4.39 Å². The lowest BCUT2D eigenvalue weighted by molar-refractivity contribution is 0.268. The van der Waals surface area contributed by atoms with Crippen LogP contribution in [0.4, 0.5) is 10.1 Å². The van der Waals surface area contributed by atoms with Gasteiger partial charge in [0.2, 0.25) is 0 Å². The number of nitriles is 1. The lowest BCUT2D eigenvalue weighted by Gasteiger charge is -2.43. The Morgan fingerprint density at radius 2 is 2.25 bits per heavy atom. The molecule has 1 aliphatic rings. The number of halogens is 1. The molecule has 1 N–H and O–H groups in total. The Kier molecular flexibility index (Phi) is 2.82. The molecule has 0 aromatic heterocycles. The Hall–Kier alpha value is -1.56. The molecule has 0 aliphatic heterocycles. The van der Waals surface area contributed by atoms with Crippen LogP contribution < -0.4 is 5.32 Å². The van der Waals surface area contributed by atoms with Gasteiger partial charge in [-0.1, -0.05) is 6.92 Å². The average molecular weight is 218 g/mol. The third-order valence-corrected chi connectivity index (χ3v) is 3.49. The second kappa shape index (κ2) is 4.13. The van der Waals surface area contributed by atoms with Gasteiger partial charge >= 0.3 is 0 Å². The van der Waals surface area contributed by atoms with Gasteiger partial charge in [-0.05, 0) is 43.9 Å². The molecular formula is C13H15FN2. The molecule has 16 heavy (non-hydrogen) atoms. The summed E-state index contributed by atoms with van der Waals surface area (Å²) in [4.78, 5) is 0. The Bertz CT molecular complexity index is 425. The smallest absolute Gasteiger partial charge is 0.147 e. The molecule has 1 saturated carbocycles. The van der Waals surface area contributed by atoms with Gasteiger partial charge in [-0.15, -0.1) is 0 Å². The van der Waals surface area contributed by atoms with E-state index in [0.29, 0.717) is 11.3 Å². The Morgan fingerprint density at radius 3 is 2.69 bits per heavy atom. The van der Waals surface area contributed by atoms with Crippen molar-refractivity contribution in [2.24, 2.45) is 0 Å². The van der Waals surface area contributed by atoms with Crippen LogP contribution in [0.25, 0.3) is 0 Å². The van der Waals surface area contributed by atoms with Gasteiger partial charge in [0, 0.05) is 5.54 Å². The molecule has 1 fully saturated rings. The highest BCUT2D eigenvalue weighted by atomic mass is 19.1. The summed E-state index contributed by atoms with van der Waals surface area (Å²) in [7, 11) is 0. The zero-order valence-electron chi connectivity index (χ0n) is 9.39. The first-order valence-corrected chi connectivity index (χ1v) is 5.67. The van der Waals surface area contributed by atoms with Crippen LogP contribution >= 0.6 is 0 Å². The number of rotatable bonds is 3. The Morgan fingerprint density at radius 1 is 1.50 bits per heavy atom. The standard InChI is InChI=1S/C13H15FN2/c1-2-13(6-3-7-13)16-12-5-4-10(9-15)8-11(12)14/h4-5,8,16H,2-3,6-7H2,1H3. The number of nitrogens with zero attached hydrogens (tertiary/aromatic N) is 1. The van der Waals surface area contributed by atoms with Gasteiger partial charge in [0.25, 0.3) is 0 Å². The van der Waals surface area contributed by atoms with Crippen molar-refractivity contribution in [1.29, 1.82) is 5.26 Å². The number of hydrogen-bond acceptors (Lipinski definition) is 2. The lowest BCUT2D eigenvalue weighted by Crippen LogP contribution is -2.44. The zero-order valence-corrected chi connectivity index (χ0v) is 9.39. The SMILES string of the molecule is CCC1(Nc2ccc(C#N)cc2F)CCC1. The van der Waals surface area contributed by atoms with Crippen LogP contribution in [-0.2, 0) is 0 Å². The summed E-state index contributed by atoms with van der Waals surface area (Å²) >= 11 is 0. The topological polar surface area (TPSA) is 35.8 Å². The molecule has 0 spiro atoms. The molecule has 3 heteroatoms. The van der Waals surface area contributed by atoms with E-state index in [9.17, 15) is 4.39 Å². The van der Waals surface area contributed by atoms with E-state index in [1.807, 2.05) is 6.07 Å². The molecular weight excluding hydrogens is 203 g/mol. The minimum absolute atomic E-state index is 0.0784. The second-order valence-corrected chi connectivity index (χ2v) is 4.42. The van der Waals surface area contributed by atoms with Gasteiger partial charge in [0.15, 0.2) is 0 Å². The van der Waals surface area contributed by atoms with E-state index in [1.165, 1.54) is 12.5 Å². The average Bonchev–Trinajstić information content (AvgIpc) is 2.25. The molecule has 0 saturated heterocycles. The van der Waals surface area contributed by atoms with Gasteiger partial charge < -0.3 is 5.32 Å². The van der Waals surface area contributed by atoms with Gasteiger partial charge in [-0.3, -0.25) is 0 Å². The fraction of sp³-hybridized carbons (Fsp3) is 0.462. The normalized spacial score (nSPS) is 17.3. The van der Waals surface area contributed by atoms with Gasteiger partial charge in [0.1, 0.15) is 5.82 Å². The maximum atomic E-state index is 13.7. The first kappa shape index (κ1) is 10.9. The van der Waals surface area contributed by atoms with Crippen LogP contribution in [0.2, 0.25) is 0 Å². The maximum absolute atomic E-state index is 13.7.